The molecule has 2 heteroatoms. The Bertz CT molecular complexity index is 621. The lowest BCUT2D eigenvalue weighted by molar-refractivity contribution is -0.128. The molecule has 1 fully saturated rings. The van der Waals surface area contributed by atoms with E-state index in [1.165, 1.54) is 11.1 Å². The van der Waals surface area contributed by atoms with Gasteiger partial charge in [0.1, 0.15) is 5.78 Å². The highest BCUT2D eigenvalue weighted by molar-refractivity contribution is 5.84. The van der Waals surface area contributed by atoms with E-state index in [9.17, 15) is 4.79 Å². The maximum atomic E-state index is 12.8. The standard InChI is InChI=1S/C20H23NO/c1-14(2)19-18(22)13-17(15-9-5-3-6-10-15)21-20(19)16-11-7-4-8-12-16/h3-12,14,17,19-21H,13H2,1-2H3/t17-,19-,20-/m0/s1. The molecular weight excluding hydrogens is 270 g/mol. The fraction of sp³-hybridized carbons (Fsp3) is 0.350. The Morgan fingerprint density at radius 1 is 0.909 bits per heavy atom. The zero-order valence-electron chi connectivity index (χ0n) is 13.2. The minimum Gasteiger partial charge on any atom is -0.302 e. The fourth-order valence-corrected chi connectivity index (χ4v) is 3.52. The van der Waals surface area contributed by atoms with Crippen LogP contribution in [0.5, 0.6) is 0 Å². The van der Waals surface area contributed by atoms with Gasteiger partial charge in [-0.3, -0.25) is 4.79 Å². The maximum Gasteiger partial charge on any atom is 0.140 e. The molecular formula is C20H23NO. The van der Waals surface area contributed by atoms with E-state index in [1.807, 2.05) is 36.4 Å². The number of carbonyl (C=O) groups excluding carboxylic acids is 1. The number of piperidine rings is 1. The van der Waals surface area contributed by atoms with Gasteiger partial charge in [0.05, 0.1) is 0 Å². The van der Waals surface area contributed by atoms with Crippen LogP contribution in [0.1, 0.15) is 43.5 Å². The fourth-order valence-electron chi connectivity index (χ4n) is 3.52. The van der Waals surface area contributed by atoms with Crippen molar-refractivity contribution in [1.82, 2.24) is 5.32 Å². The second-order valence-electron chi connectivity index (χ2n) is 6.46. The molecule has 2 aromatic carbocycles. The minimum atomic E-state index is 0.0439. The smallest absolute Gasteiger partial charge is 0.140 e. The predicted molar refractivity (Wildman–Crippen MR) is 89.5 cm³/mol. The number of ketones is 1. The average Bonchev–Trinajstić information content (AvgIpc) is 2.55. The molecule has 1 N–H and O–H groups in total. The zero-order chi connectivity index (χ0) is 15.5. The second-order valence-corrected chi connectivity index (χ2v) is 6.46. The molecule has 2 nitrogen and oxygen atoms in total. The third kappa shape index (κ3) is 2.97. The second kappa shape index (κ2) is 6.45. The van der Waals surface area contributed by atoms with Gasteiger partial charge in [0, 0.05) is 24.4 Å². The third-order valence-corrected chi connectivity index (χ3v) is 4.60. The van der Waals surface area contributed by atoms with Gasteiger partial charge < -0.3 is 5.32 Å². The Morgan fingerprint density at radius 3 is 2.00 bits per heavy atom. The lowest BCUT2D eigenvalue weighted by Crippen LogP contribution is -2.44. The molecule has 0 unspecified atom stereocenters. The van der Waals surface area contributed by atoms with Crippen molar-refractivity contribution in [3.63, 3.8) is 0 Å². The van der Waals surface area contributed by atoms with Crippen molar-refractivity contribution in [2.24, 2.45) is 11.8 Å². The number of benzene rings is 2. The van der Waals surface area contributed by atoms with E-state index in [2.05, 4.69) is 43.4 Å². The van der Waals surface area contributed by atoms with Crippen LogP contribution < -0.4 is 5.32 Å². The summed E-state index contributed by atoms with van der Waals surface area (Å²) in [6.07, 6.45) is 0.580. The highest BCUT2D eigenvalue weighted by atomic mass is 16.1. The first-order valence-electron chi connectivity index (χ1n) is 8.05. The van der Waals surface area contributed by atoms with Gasteiger partial charge in [-0.15, -0.1) is 0 Å². The van der Waals surface area contributed by atoms with Gasteiger partial charge in [-0.1, -0.05) is 74.5 Å². The summed E-state index contributed by atoms with van der Waals surface area (Å²) in [6.45, 7) is 4.28. The lowest BCUT2D eigenvalue weighted by atomic mass is 9.75. The Balaban J connectivity index is 1.94. The van der Waals surface area contributed by atoms with Gasteiger partial charge in [0.15, 0.2) is 0 Å². The molecule has 1 aliphatic rings. The minimum absolute atomic E-state index is 0.0439. The highest BCUT2D eigenvalue weighted by Crippen LogP contribution is 2.38. The van der Waals surface area contributed by atoms with Crippen molar-refractivity contribution in [2.45, 2.75) is 32.4 Å². The molecule has 0 amide bonds. The van der Waals surface area contributed by atoms with Crippen molar-refractivity contribution >= 4 is 5.78 Å². The Labute approximate surface area is 132 Å². The van der Waals surface area contributed by atoms with E-state index in [-0.39, 0.29) is 18.0 Å². The van der Waals surface area contributed by atoms with Crippen molar-refractivity contribution in [1.29, 1.82) is 0 Å². The number of nitrogens with one attached hydrogen (secondary N) is 1. The van der Waals surface area contributed by atoms with Crippen LogP contribution in [0.15, 0.2) is 60.7 Å². The molecule has 3 atom stereocenters. The quantitative estimate of drug-likeness (QED) is 0.914. The maximum absolute atomic E-state index is 12.8. The first kappa shape index (κ1) is 15.0. The molecule has 3 rings (SSSR count). The van der Waals surface area contributed by atoms with Crippen LogP contribution in [0, 0.1) is 11.8 Å². The summed E-state index contributed by atoms with van der Waals surface area (Å²) in [5.41, 5.74) is 2.40. The van der Waals surface area contributed by atoms with E-state index in [0.717, 1.165) is 0 Å². The van der Waals surface area contributed by atoms with E-state index in [1.54, 1.807) is 0 Å². The van der Waals surface area contributed by atoms with E-state index in [0.29, 0.717) is 18.1 Å². The SMILES string of the molecule is CC(C)[C@H]1C(=O)C[C@@H](c2ccccc2)N[C@H]1c1ccccc1. The highest BCUT2D eigenvalue weighted by Gasteiger charge is 2.38. The summed E-state index contributed by atoms with van der Waals surface area (Å²) in [4.78, 5) is 12.8. The Morgan fingerprint density at radius 2 is 1.45 bits per heavy atom. The van der Waals surface area contributed by atoms with Gasteiger partial charge >= 0.3 is 0 Å². The molecule has 2 aromatic rings. The molecule has 0 aromatic heterocycles. The molecule has 1 heterocycles. The summed E-state index contributed by atoms with van der Waals surface area (Å²) < 4.78 is 0. The van der Waals surface area contributed by atoms with Gasteiger partial charge in [0.25, 0.3) is 0 Å². The Kier molecular flexibility index (Phi) is 4.39. The molecule has 0 spiro atoms. The molecule has 1 saturated heterocycles. The van der Waals surface area contributed by atoms with Gasteiger partial charge in [-0.2, -0.15) is 0 Å². The summed E-state index contributed by atoms with van der Waals surface area (Å²) in [5, 5.41) is 3.73. The topological polar surface area (TPSA) is 29.1 Å². The Hall–Kier alpha value is -1.93. The van der Waals surface area contributed by atoms with Crippen molar-refractivity contribution < 1.29 is 4.79 Å². The first-order chi connectivity index (χ1) is 10.7. The number of rotatable bonds is 3. The zero-order valence-corrected chi connectivity index (χ0v) is 13.2. The number of Topliss-reactive ketones (excluding diaryl/α,β-unsaturated/α-hetero) is 1. The van der Waals surface area contributed by atoms with Crippen molar-refractivity contribution in [2.75, 3.05) is 0 Å². The number of hydrogen-bond acceptors (Lipinski definition) is 2. The molecule has 0 saturated carbocycles. The summed E-state index contributed by atoms with van der Waals surface area (Å²) in [5.74, 6) is 0.751. The summed E-state index contributed by atoms with van der Waals surface area (Å²) >= 11 is 0. The van der Waals surface area contributed by atoms with Crippen LogP contribution >= 0.6 is 0 Å². The molecule has 1 aliphatic heterocycles. The van der Waals surface area contributed by atoms with Crippen LogP contribution in [0.2, 0.25) is 0 Å². The largest absolute Gasteiger partial charge is 0.302 e. The predicted octanol–water partition coefficient (Wildman–Crippen LogP) is 4.30. The normalized spacial score (nSPS) is 25.4. The lowest BCUT2D eigenvalue weighted by Gasteiger charge is -2.39. The number of hydrogen-bond donors (Lipinski definition) is 1. The third-order valence-electron chi connectivity index (χ3n) is 4.60. The van der Waals surface area contributed by atoms with Gasteiger partial charge in [-0.05, 0) is 17.0 Å². The van der Waals surface area contributed by atoms with Crippen molar-refractivity contribution in [3.05, 3.63) is 71.8 Å². The molecule has 0 bridgehead atoms. The van der Waals surface area contributed by atoms with Gasteiger partial charge in [-0.25, -0.2) is 0 Å². The van der Waals surface area contributed by atoms with Crippen LogP contribution in [0.25, 0.3) is 0 Å². The van der Waals surface area contributed by atoms with E-state index < -0.39 is 0 Å². The van der Waals surface area contributed by atoms with Crippen LogP contribution in [0.4, 0.5) is 0 Å². The molecule has 0 radical (unpaired) electrons. The average molecular weight is 293 g/mol. The van der Waals surface area contributed by atoms with E-state index >= 15 is 0 Å². The van der Waals surface area contributed by atoms with Gasteiger partial charge in [0.2, 0.25) is 0 Å². The monoisotopic (exact) mass is 293 g/mol. The van der Waals surface area contributed by atoms with E-state index in [4.69, 9.17) is 0 Å². The van der Waals surface area contributed by atoms with Crippen LogP contribution in [0.3, 0.4) is 0 Å². The first-order valence-corrected chi connectivity index (χ1v) is 8.05. The summed E-state index contributed by atoms with van der Waals surface area (Å²) in [7, 11) is 0. The summed E-state index contributed by atoms with van der Waals surface area (Å²) in [6, 6.07) is 20.8. The molecule has 22 heavy (non-hydrogen) atoms. The van der Waals surface area contributed by atoms with Crippen molar-refractivity contribution in [3.8, 4) is 0 Å². The number of carbonyl (C=O) groups is 1. The molecule has 114 valence electrons. The van der Waals surface area contributed by atoms with Crippen LogP contribution in [-0.4, -0.2) is 5.78 Å². The molecule has 0 aliphatic carbocycles. The van der Waals surface area contributed by atoms with Crippen LogP contribution in [-0.2, 0) is 4.79 Å².